The Balaban J connectivity index is 0.000000201. The summed E-state index contributed by atoms with van der Waals surface area (Å²) in [5.74, 6) is -1.31. The molecule has 0 spiro atoms. The minimum atomic E-state index is -0.614. The first-order valence-electron chi connectivity index (χ1n) is 10.4. The SMILES string of the molecule is C=C(c1ccc(F)cc1)c1ccccc1[N+](=O)[O-].O=C(c1ccc(F)cc1)c1ccccc1[N+](=O)[O-]. The highest BCUT2D eigenvalue weighted by atomic mass is 19.1. The van der Waals surface area contributed by atoms with E-state index in [1.165, 1.54) is 48.5 Å². The van der Waals surface area contributed by atoms with Gasteiger partial charge in [-0.15, -0.1) is 0 Å². The van der Waals surface area contributed by atoms with Crippen LogP contribution in [0.1, 0.15) is 27.0 Å². The van der Waals surface area contributed by atoms with Crippen molar-refractivity contribution in [2.24, 2.45) is 0 Å². The number of benzene rings is 4. The topological polar surface area (TPSA) is 103 Å². The first-order valence-corrected chi connectivity index (χ1v) is 10.4. The van der Waals surface area contributed by atoms with Gasteiger partial charge in [-0.1, -0.05) is 43.0 Å². The molecule has 0 aliphatic heterocycles. The summed E-state index contributed by atoms with van der Waals surface area (Å²) in [7, 11) is 0. The Bertz CT molecular complexity index is 1320. The molecular weight excluding hydrogens is 470 g/mol. The number of carbonyl (C=O) groups is 1. The van der Waals surface area contributed by atoms with Gasteiger partial charge in [-0.05, 0) is 59.7 Å². The number of ketones is 1. The molecule has 0 aliphatic rings. The lowest BCUT2D eigenvalue weighted by Crippen LogP contribution is -2.05. The molecule has 4 aromatic carbocycles. The van der Waals surface area contributed by atoms with Crippen LogP contribution in [-0.4, -0.2) is 15.6 Å². The van der Waals surface area contributed by atoms with Crippen LogP contribution in [0.25, 0.3) is 5.57 Å². The molecule has 0 bridgehead atoms. The predicted octanol–water partition coefficient (Wildman–Crippen LogP) is 6.76. The van der Waals surface area contributed by atoms with Gasteiger partial charge >= 0.3 is 0 Å². The van der Waals surface area contributed by atoms with Gasteiger partial charge in [-0.3, -0.25) is 25.0 Å². The second kappa shape index (κ2) is 11.4. The van der Waals surface area contributed by atoms with Crippen molar-refractivity contribution in [1.82, 2.24) is 0 Å². The van der Waals surface area contributed by atoms with E-state index in [0.717, 1.165) is 12.1 Å². The first kappa shape index (κ1) is 25.6. The lowest BCUT2D eigenvalue weighted by molar-refractivity contribution is -0.385. The minimum absolute atomic E-state index is 0.00546. The van der Waals surface area contributed by atoms with Crippen LogP contribution in [-0.2, 0) is 0 Å². The van der Waals surface area contributed by atoms with Crippen molar-refractivity contribution >= 4 is 22.7 Å². The van der Waals surface area contributed by atoms with Gasteiger partial charge in [0.25, 0.3) is 11.4 Å². The molecule has 0 aromatic heterocycles. The molecular formula is C27H18F2N2O5. The van der Waals surface area contributed by atoms with Crippen molar-refractivity contribution < 1.29 is 23.4 Å². The van der Waals surface area contributed by atoms with Gasteiger partial charge in [0.15, 0.2) is 5.78 Å². The van der Waals surface area contributed by atoms with E-state index in [1.54, 1.807) is 36.4 Å². The molecule has 0 saturated carbocycles. The number of carbonyl (C=O) groups excluding carboxylic acids is 1. The molecule has 0 amide bonds. The predicted molar refractivity (Wildman–Crippen MR) is 131 cm³/mol. The summed E-state index contributed by atoms with van der Waals surface area (Å²) >= 11 is 0. The molecule has 0 aliphatic carbocycles. The summed E-state index contributed by atoms with van der Waals surface area (Å²) in [6.45, 7) is 3.84. The number of rotatable bonds is 6. The normalized spacial score (nSPS) is 10.1. The zero-order chi connectivity index (χ0) is 26.2. The molecule has 0 saturated heterocycles. The van der Waals surface area contributed by atoms with Gasteiger partial charge < -0.3 is 0 Å². The maximum absolute atomic E-state index is 12.8. The van der Waals surface area contributed by atoms with Crippen molar-refractivity contribution in [1.29, 1.82) is 0 Å². The van der Waals surface area contributed by atoms with Crippen molar-refractivity contribution in [2.45, 2.75) is 0 Å². The van der Waals surface area contributed by atoms with Crippen LogP contribution in [0.4, 0.5) is 20.2 Å². The highest BCUT2D eigenvalue weighted by Gasteiger charge is 2.20. The number of halogens is 2. The average molecular weight is 488 g/mol. The van der Waals surface area contributed by atoms with Crippen LogP contribution in [0.5, 0.6) is 0 Å². The van der Waals surface area contributed by atoms with Crippen LogP contribution in [0.15, 0.2) is 104 Å². The lowest BCUT2D eigenvalue weighted by atomic mass is 9.98. The molecule has 9 heteroatoms. The molecule has 0 unspecified atom stereocenters. The number of nitrogens with zero attached hydrogens (tertiary/aromatic N) is 2. The summed E-state index contributed by atoms with van der Waals surface area (Å²) in [5.41, 5.74) is 1.54. The van der Waals surface area contributed by atoms with Crippen molar-refractivity contribution in [3.05, 3.63) is 158 Å². The molecule has 4 rings (SSSR count). The molecule has 36 heavy (non-hydrogen) atoms. The van der Waals surface area contributed by atoms with E-state index in [4.69, 9.17) is 0 Å². The minimum Gasteiger partial charge on any atom is -0.288 e. The second-order valence-electron chi connectivity index (χ2n) is 7.37. The van der Waals surface area contributed by atoms with E-state index in [-0.39, 0.29) is 28.3 Å². The molecule has 0 heterocycles. The third kappa shape index (κ3) is 6.09. The van der Waals surface area contributed by atoms with Gasteiger partial charge in [0.1, 0.15) is 17.2 Å². The Kier molecular flexibility index (Phi) is 8.09. The number of hydrogen-bond acceptors (Lipinski definition) is 5. The Labute approximate surface area is 204 Å². The van der Waals surface area contributed by atoms with E-state index >= 15 is 0 Å². The fourth-order valence-electron chi connectivity index (χ4n) is 3.28. The second-order valence-corrected chi connectivity index (χ2v) is 7.37. The van der Waals surface area contributed by atoms with Crippen molar-refractivity contribution in [3.8, 4) is 0 Å². The highest BCUT2D eigenvalue weighted by molar-refractivity contribution is 6.11. The van der Waals surface area contributed by atoms with Gasteiger partial charge in [-0.25, -0.2) is 8.78 Å². The van der Waals surface area contributed by atoms with Gasteiger partial charge in [0.2, 0.25) is 0 Å². The van der Waals surface area contributed by atoms with Crippen LogP contribution in [0.2, 0.25) is 0 Å². The summed E-state index contributed by atoms with van der Waals surface area (Å²) in [6, 6.07) is 22.6. The molecule has 0 fully saturated rings. The highest BCUT2D eigenvalue weighted by Crippen LogP contribution is 2.29. The Morgan fingerprint density at radius 3 is 1.47 bits per heavy atom. The van der Waals surface area contributed by atoms with E-state index < -0.39 is 21.4 Å². The third-order valence-corrected chi connectivity index (χ3v) is 5.07. The maximum Gasteiger partial charge on any atom is 0.280 e. The van der Waals surface area contributed by atoms with E-state index in [2.05, 4.69) is 6.58 Å². The quantitative estimate of drug-likeness (QED) is 0.169. The van der Waals surface area contributed by atoms with Crippen LogP contribution in [0.3, 0.4) is 0 Å². The molecule has 0 N–H and O–H groups in total. The smallest absolute Gasteiger partial charge is 0.280 e. The molecule has 0 radical (unpaired) electrons. The van der Waals surface area contributed by atoms with Gasteiger partial charge in [0, 0.05) is 17.7 Å². The summed E-state index contributed by atoms with van der Waals surface area (Å²) in [5, 5.41) is 21.7. The average Bonchev–Trinajstić information content (AvgIpc) is 2.89. The number of nitro benzene ring substituents is 2. The summed E-state index contributed by atoms with van der Waals surface area (Å²) in [4.78, 5) is 32.7. The standard InChI is InChI=1S/C14H10FNO2.C13H8FNO3/c1-10(11-6-8-12(15)9-7-11)13-4-2-3-5-14(13)16(17)18;14-10-7-5-9(6-8-10)13(16)11-3-1-2-4-12(11)15(17)18/h2-9H,1H2;1-8H. The van der Waals surface area contributed by atoms with Gasteiger partial charge in [-0.2, -0.15) is 0 Å². The fourth-order valence-corrected chi connectivity index (χ4v) is 3.28. The first-order chi connectivity index (χ1) is 17.2. The van der Waals surface area contributed by atoms with Crippen LogP contribution >= 0.6 is 0 Å². The zero-order valence-corrected chi connectivity index (χ0v) is 18.6. The molecule has 7 nitrogen and oxygen atoms in total. The fraction of sp³-hybridized carbons (Fsp3) is 0. The Morgan fingerprint density at radius 2 is 1.00 bits per heavy atom. The van der Waals surface area contributed by atoms with E-state index in [1.807, 2.05) is 0 Å². The number of nitro groups is 2. The number of para-hydroxylation sites is 2. The Morgan fingerprint density at radius 1 is 0.611 bits per heavy atom. The summed E-state index contributed by atoms with van der Waals surface area (Å²) in [6.07, 6.45) is 0. The summed E-state index contributed by atoms with van der Waals surface area (Å²) < 4.78 is 25.6. The van der Waals surface area contributed by atoms with E-state index in [0.29, 0.717) is 16.7 Å². The van der Waals surface area contributed by atoms with Crippen molar-refractivity contribution in [3.63, 3.8) is 0 Å². The van der Waals surface area contributed by atoms with Crippen LogP contribution in [0, 0.1) is 31.9 Å². The van der Waals surface area contributed by atoms with Gasteiger partial charge in [0.05, 0.1) is 15.4 Å². The third-order valence-electron chi connectivity index (χ3n) is 5.07. The monoisotopic (exact) mass is 488 g/mol. The van der Waals surface area contributed by atoms with Crippen molar-refractivity contribution in [2.75, 3.05) is 0 Å². The molecule has 180 valence electrons. The zero-order valence-electron chi connectivity index (χ0n) is 18.6. The lowest BCUT2D eigenvalue weighted by Gasteiger charge is -2.06. The molecule has 0 atom stereocenters. The number of hydrogen-bond donors (Lipinski definition) is 0. The van der Waals surface area contributed by atoms with E-state index in [9.17, 15) is 33.8 Å². The Hall–Kier alpha value is -5.05. The van der Waals surface area contributed by atoms with Crippen LogP contribution < -0.4 is 0 Å². The molecule has 4 aromatic rings. The maximum atomic E-state index is 12.8. The largest absolute Gasteiger partial charge is 0.288 e.